The SMILES string of the molecule is Cc1ccc(C(=O)Nc2cccc(C(=O)c3ccc(C(C)(C)C)cc3)c2)cc1NS(C)(=O)=O. The van der Waals surface area contributed by atoms with Crippen molar-refractivity contribution in [2.24, 2.45) is 0 Å². The molecule has 3 aromatic rings. The minimum atomic E-state index is -3.47. The smallest absolute Gasteiger partial charge is 0.255 e. The van der Waals surface area contributed by atoms with Crippen molar-refractivity contribution in [2.45, 2.75) is 33.1 Å². The quantitative estimate of drug-likeness (QED) is 0.494. The van der Waals surface area contributed by atoms with Crippen molar-refractivity contribution in [3.05, 3.63) is 94.5 Å². The first-order valence-electron chi connectivity index (χ1n) is 10.5. The van der Waals surface area contributed by atoms with Crippen LogP contribution in [0.1, 0.15) is 58.2 Å². The fourth-order valence-corrected chi connectivity index (χ4v) is 3.92. The number of anilines is 2. The van der Waals surface area contributed by atoms with Crippen molar-refractivity contribution in [2.75, 3.05) is 16.3 Å². The van der Waals surface area contributed by atoms with Crippen LogP contribution in [-0.4, -0.2) is 26.4 Å². The van der Waals surface area contributed by atoms with Gasteiger partial charge in [0.2, 0.25) is 10.0 Å². The number of nitrogens with one attached hydrogen (secondary N) is 2. The summed E-state index contributed by atoms with van der Waals surface area (Å²) in [7, 11) is -3.47. The molecular weight excluding hydrogens is 436 g/mol. The Balaban J connectivity index is 1.79. The predicted molar refractivity (Wildman–Crippen MR) is 133 cm³/mol. The standard InChI is InChI=1S/C26H28N2O4S/c1-17-9-10-20(16-23(17)28-33(5,31)32)25(30)27-22-8-6-7-19(15-22)24(29)18-11-13-21(14-12-18)26(2,3)4/h6-16,28H,1-5H3,(H,27,30). The van der Waals surface area contributed by atoms with Gasteiger partial charge in [-0.25, -0.2) is 8.42 Å². The normalized spacial score (nSPS) is 11.7. The van der Waals surface area contributed by atoms with Crippen LogP contribution in [0.2, 0.25) is 0 Å². The molecule has 2 N–H and O–H groups in total. The van der Waals surface area contributed by atoms with Crippen LogP contribution in [0.5, 0.6) is 0 Å². The highest BCUT2D eigenvalue weighted by atomic mass is 32.2. The fourth-order valence-electron chi connectivity index (χ4n) is 3.30. The number of aryl methyl sites for hydroxylation is 1. The van der Waals surface area contributed by atoms with E-state index >= 15 is 0 Å². The third-order valence-corrected chi connectivity index (χ3v) is 5.78. The van der Waals surface area contributed by atoms with Crippen molar-refractivity contribution < 1.29 is 18.0 Å². The molecule has 3 rings (SSSR count). The Kier molecular flexibility index (Phi) is 6.74. The Labute approximate surface area is 195 Å². The third kappa shape index (κ3) is 6.29. The van der Waals surface area contributed by atoms with Gasteiger partial charge in [-0.15, -0.1) is 0 Å². The van der Waals surface area contributed by atoms with E-state index in [0.29, 0.717) is 33.6 Å². The fraction of sp³-hybridized carbons (Fsp3) is 0.231. The van der Waals surface area contributed by atoms with Crippen molar-refractivity contribution in [3.63, 3.8) is 0 Å². The zero-order valence-electron chi connectivity index (χ0n) is 19.4. The van der Waals surface area contributed by atoms with Crippen LogP contribution in [0, 0.1) is 6.92 Å². The molecule has 0 radical (unpaired) electrons. The van der Waals surface area contributed by atoms with E-state index in [4.69, 9.17) is 0 Å². The molecule has 0 fully saturated rings. The topological polar surface area (TPSA) is 92.3 Å². The van der Waals surface area contributed by atoms with Gasteiger partial charge in [0.1, 0.15) is 0 Å². The average Bonchev–Trinajstić information content (AvgIpc) is 2.73. The minimum Gasteiger partial charge on any atom is -0.322 e. The Morgan fingerprint density at radius 3 is 2.06 bits per heavy atom. The Bertz CT molecular complexity index is 1300. The summed E-state index contributed by atoms with van der Waals surface area (Å²) in [6.07, 6.45) is 1.05. The molecule has 0 heterocycles. The first kappa shape index (κ1) is 24.2. The molecular formula is C26H28N2O4S. The Hall–Kier alpha value is -3.45. The van der Waals surface area contributed by atoms with Gasteiger partial charge >= 0.3 is 0 Å². The van der Waals surface area contributed by atoms with E-state index in [1.54, 1.807) is 43.3 Å². The van der Waals surface area contributed by atoms with E-state index in [9.17, 15) is 18.0 Å². The highest BCUT2D eigenvalue weighted by molar-refractivity contribution is 7.92. The van der Waals surface area contributed by atoms with E-state index in [1.807, 2.05) is 24.3 Å². The number of ketones is 1. The monoisotopic (exact) mass is 464 g/mol. The second-order valence-electron chi connectivity index (χ2n) is 9.10. The van der Waals surface area contributed by atoms with Crippen LogP contribution >= 0.6 is 0 Å². The van der Waals surface area contributed by atoms with Gasteiger partial charge in [0.25, 0.3) is 5.91 Å². The molecule has 0 aromatic heterocycles. The molecule has 172 valence electrons. The van der Waals surface area contributed by atoms with Gasteiger partial charge in [0.15, 0.2) is 5.78 Å². The summed E-state index contributed by atoms with van der Waals surface area (Å²) >= 11 is 0. The summed E-state index contributed by atoms with van der Waals surface area (Å²) in [6.45, 7) is 8.09. The summed E-state index contributed by atoms with van der Waals surface area (Å²) in [6, 6.07) is 19.0. The first-order chi connectivity index (χ1) is 15.3. The maximum absolute atomic E-state index is 13.0. The molecule has 1 amide bonds. The predicted octanol–water partition coefficient (Wildman–Crippen LogP) is 5.15. The number of carbonyl (C=O) groups is 2. The summed E-state index contributed by atoms with van der Waals surface area (Å²) in [5.74, 6) is -0.549. The summed E-state index contributed by atoms with van der Waals surface area (Å²) in [5, 5.41) is 2.78. The van der Waals surface area contributed by atoms with Gasteiger partial charge < -0.3 is 5.32 Å². The molecule has 0 aliphatic rings. The second-order valence-corrected chi connectivity index (χ2v) is 10.8. The van der Waals surface area contributed by atoms with Gasteiger partial charge in [-0.3, -0.25) is 14.3 Å². The van der Waals surface area contributed by atoms with Crippen molar-refractivity contribution in [3.8, 4) is 0 Å². The summed E-state index contributed by atoms with van der Waals surface area (Å²) in [4.78, 5) is 25.7. The highest BCUT2D eigenvalue weighted by Crippen LogP contribution is 2.24. The molecule has 0 atom stereocenters. The zero-order chi connectivity index (χ0) is 24.4. The molecule has 0 aliphatic carbocycles. The van der Waals surface area contributed by atoms with Crippen LogP contribution in [0.15, 0.2) is 66.7 Å². The highest BCUT2D eigenvalue weighted by Gasteiger charge is 2.16. The number of amides is 1. The molecule has 6 nitrogen and oxygen atoms in total. The number of carbonyl (C=O) groups excluding carboxylic acids is 2. The lowest BCUT2D eigenvalue weighted by molar-refractivity contribution is 0.102. The average molecular weight is 465 g/mol. The summed E-state index contributed by atoms with van der Waals surface area (Å²) < 4.78 is 25.5. The lowest BCUT2D eigenvalue weighted by Crippen LogP contribution is -2.15. The van der Waals surface area contributed by atoms with Crippen LogP contribution < -0.4 is 10.0 Å². The van der Waals surface area contributed by atoms with Gasteiger partial charge in [-0.2, -0.15) is 0 Å². The Morgan fingerprint density at radius 1 is 0.818 bits per heavy atom. The molecule has 7 heteroatoms. The molecule has 0 unspecified atom stereocenters. The van der Waals surface area contributed by atoms with E-state index in [0.717, 1.165) is 11.8 Å². The van der Waals surface area contributed by atoms with Crippen LogP contribution in [0.25, 0.3) is 0 Å². The summed E-state index contributed by atoms with van der Waals surface area (Å²) in [5.41, 5.74) is 3.97. The van der Waals surface area contributed by atoms with Gasteiger partial charge in [0.05, 0.1) is 11.9 Å². The largest absolute Gasteiger partial charge is 0.322 e. The molecule has 0 aliphatic heterocycles. The van der Waals surface area contributed by atoms with Crippen molar-refractivity contribution >= 4 is 33.1 Å². The number of hydrogen-bond acceptors (Lipinski definition) is 4. The number of hydrogen-bond donors (Lipinski definition) is 2. The molecule has 0 bridgehead atoms. The zero-order valence-corrected chi connectivity index (χ0v) is 20.2. The van der Waals surface area contributed by atoms with Crippen molar-refractivity contribution in [1.29, 1.82) is 0 Å². The molecule has 33 heavy (non-hydrogen) atoms. The van der Waals surface area contributed by atoms with Gasteiger partial charge in [0, 0.05) is 22.4 Å². The maximum Gasteiger partial charge on any atom is 0.255 e. The van der Waals surface area contributed by atoms with E-state index in [2.05, 4.69) is 30.8 Å². The van der Waals surface area contributed by atoms with E-state index < -0.39 is 15.9 Å². The number of sulfonamides is 1. The molecule has 0 spiro atoms. The van der Waals surface area contributed by atoms with Crippen molar-refractivity contribution in [1.82, 2.24) is 0 Å². The van der Waals surface area contributed by atoms with Crippen LogP contribution in [0.4, 0.5) is 11.4 Å². The first-order valence-corrected chi connectivity index (χ1v) is 12.4. The maximum atomic E-state index is 13.0. The number of rotatable bonds is 6. The van der Waals surface area contributed by atoms with Crippen LogP contribution in [-0.2, 0) is 15.4 Å². The molecule has 0 saturated heterocycles. The second kappa shape index (κ2) is 9.19. The minimum absolute atomic E-state index is 0.00153. The molecule has 0 saturated carbocycles. The molecule has 3 aromatic carbocycles. The van der Waals surface area contributed by atoms with E-state index in [-0.39, 0.29) is 11.2 Å². The Morgan fingerprint density at radius 2 is 1.45 bits per heavy atom. The van der Waals surface area contributed by atoms with E-state index in [1.165, 1.54) is 6.07 Å². The number of benzene rings is 3. The lowest BCUT2D eigenvalue weighted by atomic mass is 9.86. The van der Waals surface area contributed by atoms with Gasteiger partial charge in [-0.1, -0.05) is 63.2 Å². The van der Waals surface area contributed by atoms with Gasteiger partial charge in [-0.05, 0) is 47.7 Å². The lowest BCUT2D eigenvalue weighted by Gasteiger charge is -2.19. The third-order valence-electron chi connectivity index (χ3n) is 5.19. The van der Waals surface area contributed by atoms with Crippen LogP contribution in [0.3, 0.4) is 0 Å².